The second kappa shape index (κ2) is 4.35. The van der Waals surface area contributed by atoms with Crippen molar-refractivity contribution >= 4 is 23.4 Å². The number of benzene rings is 1. The molecule has 1 amide bonds. The third-order valence-electron chi connectivity index (χ3n) is 3.34. The highest BCUT2D eigenvalue weighted by Gasteiger charge is 2.25. The van der Waals surface area contributed by atoms with E-state index >= 15 is 0 Å². The molecule has 0 bridgehead atoms. The zero-order valence-electron chi connectivity index (χ0n) is 10.5. The van der Waals surface area contributed by atoms with Crippen LogP contribution in [0.25, 0.3) is 0 Å². The van der Waals surface area contributed by atoms with E-state index in [0.717, 1.165) is 5.69 Å². The van der Waals surface area contributed by atoms with Crippen molar-refractivity contribution in [1.82, 2.24) is 0 Å². The van der Waals surface area contributed by atoms with Gasteiger partial charge in [-0.05, 0) is 17.7 Å². The fourth-order valence-corrected chi connectivity index (χ4v) is 2.79. The molecule has 1 aromatic carbocycles. The fraction of sp³-hybridized carbons (Fsp3) is 0.462. The van der Waals surface area contributed by atoms with Crippen LogP contribution in [-0.2, 0) is 10.2 Å². The summed E-state index contributed by atoms with van der Waals surface area (Å²) in [5.41, 5.74) is 7.92. The van der Waals surface area contributed by atoms with Crippen molar-refractivity contribution in [2.45, 2.75) is 24.2 Å². The molecule has 1 aliphatic heterocycles. The summed E-state index contributed by atoms with van der Waals surface area (Å²) in [6.45, 7) is 4.83. The summed E-state index contributed by atoms with van der Waals surface area (Å²) in [5.74, 6) is 0.688. The Morgan fingerprint density at radius 3 is 2.82 bits per heavy atom. The lowest BCUT2D eigenvalue weighted by molar-refractivity contribution is -0.116. The molecule has 2 N–H and O–H groups in total. The Hall–Kier alpha value is -1.00. The maximum atomic E-state index is 11.7. The molecule has 0 saturated heterocycles. The van der Waals surface area contributed by atoms with Gasteiger partial charge in [-0.3, -0.25) is 4.79 Å². The molecule has 92 valence electrons. The van der Waals surface area contributed by atoms with E-state index in [9.17, 15) is 4.79 Å². The van der Waals surface area contributed by atoms with E-state index in [2.05, 4.69) is 32.0 Å². The maximum Gasteiger partial charge on any atom is 0.237 e. The van der Waals surface area contributed by atoms with Gasteiger partial charge in [0.25, 0.3) is 0 Å². The molecule has 17 heavy (non-hydrogen) atoms. The molecule has 3 nitrogen and oxygen atoms in total. The second-order valence-corrected chi connectivity index (χ2v) is 6.03. The van der Waals surface area contributed by atoms with Crippen LogP contribution in [0.15, 0.2) is 23.1 Å². The number of amides is 1. The molecule has 1 aromatic rings. The third-order valence-corrected chi connectivity index (χ3v) is 4.38. The molecule has 4 heteroatoms. The highest BCUT2D eigenvalue weighted by molar-refractivity contribution is 8.00. The van der Waals surface area contributed by atoms with Crippen LogP contribution in [0, 0.1) is 0 Å². The average Bonchev–Trinajstić information content (AvgIpc) is 2.33. The van der Waals surface area contributed by atoms with Gasteiger partial charge in [0.15, 0.2) is 0 Å². The number of rotatable bonds is 2. The monoisotopic (exact) mass is 250 g/mol. The zero-order chi connectivity index (χ0) is 12.6. The predicted octanol–water partition coefficient (Wildman–Crippen LogP) is 1.99. The molecule has 0 unspecified atom stereocenters. The Labute approximate surface area is 106 Å². The Bertz CT molecular complexity index is 457. The number of nitrogens with zero attached hydrogens (tertiary/aromatic N) is 1. The van der Waals surface area contributed by atoms with Gasteiger partial charge in [0.1, 0.15) is 0 Å². The van der Waals surface area contributed by atoms with Crippen LogP contribution in [0.4, 0.5) is 5.69 Å². The largest absolute Gasteiger partial charge is 0.330 e. The van der Waals surface area contributed by atoms with Crippen molar-refractivity contribution in [1.29, 1.82) is 0 Å². The Morgan fingerprint density at radius 2 is 2.18 bits per heavy atom. The minimum Gasteiger partial charge on any atom is -0.330 e. The Kier molecular flexibility index (Phi) is 3.19. The molecule has 1 aliphatic rings. The smallest absolute Gasteiger partial charge is 0.237 e. The van der Waals surface area contributed by atoms with Crippen molar-refractivity contribution in [3.63, 3.8) is 0 Å². The summed E-state index contributed by atoms with van der Waals surface area (Å²) in [7, 11) is 1.83. The second-order valence-electron chi connectivity index (χ2n) is 5.01. The van der Waals surface area contributed by atoms with Crippen LogP contribution in [0.1, 0.15) is 19.4 Å². The maximum absolute atomic E-state index is 11.7. The van der Waals surface area contributed by atoms with Gasteiger partial charge in [-0.25, -0.2) is 0 Å². The highest BCUT2D eigenvalue weighted by Crippen LogP contribution is 2.37. The van der Waals surface area contributed by atoms with Gasteiger partial charge in [0.05, 0.1) is 11.4 Å². The molecule has 0 aromatic heterocycles. The van der Waals surface area contributed by atoms with Gasteiger partial charge < -0.3 is 10.6 Å². The number of carbonyl (C=O) groups excluding carboxylic acids is 1. The van der Waals surface area contributed by atoms with Gasteiger partial charge >= 0.3 is 0 Å². The molecule has 0 saturated carbocycles. The average molecular weight is 250 g/mol. The highest BCUT2D eigenvalue weighted by atomic mass is 32.2. The first-order valence-corrected chi connectivity index (χ1v) is 6.68. The lowest BCUT2D eigenvalue weighted by Gasteiger charge is -2.29. The van der Waals surface area contributed by atoms with E-state index in [1.54, 1.807) is 16.7 Å². The molecule has 0 fully saturated rings. The summed E-state index contributed by atoms with van der Waals surface area (Å²) in [6, 6.07) is 6.30. The van der Waals surface area contributed by atoms with Crippen molar-refractivity contribution < 1.29 is 4.79 Å². The van der Waals surface area contributed by atoms with E-state index < -0.39 is 0 Å². The first kappa shape index (κ1) is 12.5. The van der Waals surface area contributed by atoms with Crippen LogP contribution >= 0.6 is 11.8 Å². The first-order valence-electron chi connectivity index (χ1n) is 5.69. The SMILES string of the molecule is CN1C(=O)CSc2ccc(C(C)(C)CN)cc21. The van der Waals surface area contributed by atoms with Crippen molar-refractivity contribution in [2.75, 3.05) is 24.2 Å². The van der Waals surface area contributed by atoms with E-state index in [4.69, 9.17) is 5.73 Å². The van der Waals surface area contributed by atoms with Gasteiger partial charge in [0.2, 0.25) is 5.91 Å². The van der Waals surface area contributed by atoms with Gasteiger partial charge in [-0.1, -0.05) is 19.9 Å². The van der Waals surface area contributed by atoms with Gasteiger partial charge in [-0.15, -0.1) is 11.8 Å². The van der Waals surface area contributed by atoms with Crippen LogP contribution in [-0.4, -0.2) is 25.3 Å². The lowest BCUT2D eigenvalue weighted by Crippen LogP contribution is -2.33. The van der Waals surface area contributed by atoms with Crippen molar-refractivity contribution in [3.05, 3.63) is 23.8 Å². The van der Waals surface area contributed by atoms with E-state index in [-0.39, 0.29) is 11.3 Å². The molecule has 1 heterocycles. The van der Waals surface area contributed by atoms with Crippen LogP contribution in [0.3, 0.4) is 0 Å². The number of hydrogen-bond donors (Lipinski definition) is 1. The standard InChI is InChI=1S/C13H18N2OS/c1-13(2,8-14)9-4-5-11-10(6-9)15(3)12(16)7-17-11/h4-6H,7-8,14H2,1-3H3. The number of thioether (sulfide) groups is 1. The summed E-state index contributed by atoms with van der Waals surface area (Å²) in [6.07, 6.45) is 0. The minimum absolute atomic E-state index is 0.0545. The quantitative estimate of drug-likeness (QED) is 0.873. The fourth-order valence-electron chi connectivity index (χ4n) is 1.81. The van der Waals surface area contributed by atoms with Crippen LogP contribution in [0.2, 0.25) is 0 Å². The van der Waals surface area contributed by atoms with Gasteiger partial charge in [-0.2, -0.15) is 0 Å². The molecule has 0 spiro atoms. The molecule has 0 aliphatic carbocycles. The number of carbonyl (C=O) groups is 1. The summed E-state index contributed by atoms with van der Waals surface area (Å²) in [4.78, 5) is 14.6. The Morgan fingerprint density at radius 1 is 1.47 bits per heavy atom. The van der Waals surface area contributed by atoms with Crippen LogP contribution < -0.4 is 10.6 Å². The van der Waals surface area contributed by atoms with Crippen molar-refractivity contribution in [2.24, 2.45) is 5.73 Å². The van der Waals surface area contributed by atoms with E-state index in [1.165, 1.54) is 10.5 Å². The molecule has 2 rings (SSSR count). The lowest BCUT2D eigenvalue weighted by atomic mass is 9.84. The third kappa shape index (κ3) is 2.19. The number of anilines is 1. The molecule has 0 atom stereocenters. The topological polar surface area (TPSA) is 46.3 Å². The van der Waals surface area contributed by atoms with E-state index in [0.29, 0.717) is 12.3 Å². The summed E-state index contributed by atoms with van der Waals surface area (Å²) >= 11 is 1.61. The summed E-state index contributed by atoms with van der Waals surface area (Å²) < 4.78 is 0. The number of fused-ring (bicyclic) bond motifs is 1. The predicted molar refractivity (Wildman–Crippen MR) is 72.7 cm³/mol. The molecular weight excluding hydrogens is 232 g/mol. The Balaban J connectivity index is 2.46. The summed E-state index contributed by atoms with van der Waals surface area (Å²) in [5, 5.41) is 0. The number of nitrogens with two attached hydrogens (primary N) is 1. The molecular formula is C13H18N2OS. The minimum atomic E-state index is -0.0545. The number of hydrogen-bond acceptors (Lipinski definition) is 3. The molecule has 0 radical (unpaired) electrons. The normalized spacial score (nSPS) is 16.0. The first-order chi connectivity index (χ1) is 7.95. The van der Waals surface area contributed by atoms with E-state index in [1.807, 2.05) is 7.05 Å². The zero-order valence-corrected chi connectivity index (χ0v) is 11.3. The van der Waals surface area contributed by atoms with Gasteiger partial charge in [0, 0.05) is 23.9 Å². The van der Waals surface area contributed by atoms with Crippen LogP contribution in [0.5, 0.6) is 0 Å². The van der Waals surface area contributed by atoms with Crippen molar-refractivity contribution in [3.8, 4) is 0 Å².